The maximum absolute atomic E-state index is 4.53. The Morgan fingerprint density at radius 3 is 2.90 bits per heavy atom. The zero-order chi connectivity index (χ0) is 14.2. The van der Waals surface area contributed by atoms with Crippen LogP contribution in [-0.2, 0) is 13.6 Å². The molecule has 0 atom stereocenters. The number of hydrogen-bond donors (Lipinski definition) is 1. The molecule has 1 fully saturated rings. The first-order chi connectivity index (χ1) is 9.63. The maximum atomic E-state index is 4.53. The Morgan fingerprint density at radius 1 is 1.45 bits per heavy atom. The lowest BCUT2D eigenvalue weighted by molar-refractivity contribution is 0.345. The van der Waals surface area contributed by atoms with E-state index in [2.05, 4.69) is 27.7 Å². The fraction of sp³-hybridized carbons (Fsp3) is 0.600. The third kappa shape index (κ3) is 2.44. The lowest BCUT2D eigenvalue weighted by Gasteiger charge is -2.40. The maximum Gasteiger partial charge on any atom is 0.157 e. The Bertz CT molecular complexity index is 610. The predicted molar refractivity (Wildman–Crippen MR) is 85.0 cm³/mol. The molecule has 2 aromatic heterocycles. The van der Waals surface area contributed by atoms with E-state index < -0.39 is 0 Å². The van der Waals surface area contributed by atoms with Gasteiger partial charge in [-0.05, 0) is 37.7 Å². The Labute approximate surface area is 124 Å². The SMILES string of the molecule is CSC1(CNCc2cnc3c(c2)c(C)nn3C)CCC1. The Balaban J connectivity index is 1.67. The second-order valence-electron chi connectivity index (χ2n) is 5.77. The third-order valence-electron chi connectivity index (χ3n) is 4.39. The molecular weight excluding hydrogens is 268 g/mol. The van der Waals surface area contributed by atoms with E-state index in [-0.39, 0.29) is 0 Å². The van der Waals surface area contributed by atoms with Crippen LogP contribution in [0, 0.1) is 6.92 Å². The van der Waals surface area contributed by atoms with E-state index in [0.29, 0.717) is 4.75 Å². The van der Waals surface area contributed by atoms with Crippen molar-refractivity contribution in [3.63, 3.8) is 0 Å². The Kier molecular flexibility index (Phi) is 3.73. The number of thioether (sulfide) groups is 1. The second-order valence-corrected chi connectivity index (χ2v) is 7.04. The minimum Gasteiger partial charge on any atom is -0.311 e. The van der Waals surface area contributed by atoms with Gasteiger partial charge in [-0.15, -0.1) is 0 Å². The molecule has 0 amide bonds. The molecule has 0 spiro atoms. The summed E-state index contributed by atoms with van der Waals surface area (Å²) < 4.78 is 2.33. The van der Waals surface area contributed by atoms with Crippen molar-refractivity contribution < 1.29 is 0 Å². The summed E-state index contributed by atoms with van der Waals surface area (Å²) in [4.78, 5) is 4.53. The molecule has 1 saturated carbocycles. The van der Waals surface area contributed by atoms with Crippen LogP contribution in [0.1, 0.15) is 30.5 Å². The monoisotopic (exact) mass is 290 g/mol. The highest BCUT2D eigenvalue weighted by atomic mass is 32.2. The average molecular weight is 290 g/mol. The number of pyridine rings is 1. The van der Waals surface area contributed by atoms with Gasteiger partial charge in [-0.25, -0.2) is 4.98 Å². The van der Waals surface area contributed by atoms with Crippen molar-refractivity contribution in [2.45, 2.75) is 37.5 Å². The highest BCUT2D eigenvalue weighted by molar-refractivity contribution is 8.00. The van der Waals surface area contributed by atoms with Gasteiger partial charge < -0.3 is 5.32 Å². The standard InChI is InChI=1S/C15H22N4S/c1-11-13-7-12(9-17-14(13)19(2)18-11)8-16-10-15(20-3)5-4-6-15/h7,9,16H,4-6,8,10H2,1-3H3. The molecule has 0 radical (unpaired) electrons. The van der Waals surface area contributed by atoms with Gasteiger partial charge in [0.1, 0.15) is 0 Å². The fourth-order valence-electron chi connectivity index (χ4n) is 2.91. The van der Waals surface area contributed by atoms with Crippen molar-refractivity contribution in [2.24, 2.45) is 7.05 Å². The minimum atomic E-state index is 0.488. The second kappa shape index (κ2) is 5.37. The van der Waals surface area contributed by atoms with Crippen LogP contribution in [0.4, 0.5) is 0 Å². The summed E-state index contributed by atoms with van der Waals surface area (Å²) >= 11 is 2.01. The molecule has 0 unspecified atom stereocenters. The van der Waals surface area contributed by atoms with Gasteiger partial charge >= 0.3 is 0 Å². The first-order valence-corrected chi connectivity index (χ1v) is 8.40. The summed E-state index contributed by atoms with van der Waals surface area (Å²) in [6.07, 6.45) is 8.27. The van der Waals surface area contributed by atoms with E-state index in [4.69, 9.17) is 0 Å². The largest absolute Gasteiger partial charge is 0.311 e. The molecular formula is C15H22N4S. The van der Waals surface area contributed by atoms with Gasteiger partial charge in [0.15, 0.2) is 5.65 Å². The molecule has 0 aliphatic heterocycles. The number of nitrogens with one attached hydrogen (secondary N) is 1. The summed E-state index contributed by atoms with van der Waals surface area (Å²) in [6.45, 7) is 4.02. The molecule has 108 valence electrons. The third-order valence-corrected chi connectivity index (χ3v) is 5.81. The molecule has 1 aliphatic rings. The van der Waals surface area contributed by atoms with E-state index in [9.17, 15) is 0 Å². The number of fused-ring (bicyclic) bond motifs is 1. The Hall–Kier alpha value is -1.07. The molecule has 1 N–H and O–H groups in total. The van der Waals surface area contributed by atoms with E-state index in [1.807, 2.05) is 36.6 Å². The molecule has 2 heterocycles. The molecule has 5 heteroatoms. The molecule has 4 nitrogen and oxygen atoms in total. The van der Waals surface area contributed by atoms with Crippen molar-refractivity contribution in [3.05, 3.63) is 23.5 Å². The molecule has 0 saturated heterocycles. The highest BCUT2D eigenvalue weighted by Gasteiger charge is 2.35. The van der Waals surface area contributed by atoms with Crippen molar-refractivity contribution in [3.8, 4) is 0 Å². The molecule has 0 aromatic carbocycles. The van der Waals surface area contributed by atoms with E-state index in [0.717, 1.165) is 29.8 Å². The van der Waals surface area contributed by atoms with Gasteiger partial charge in [-0.1, -0.05) is 6.42 Å². The van der Waals surface area contributed by atoms with Gasteiger partial charge in [0.2, 0.25) is 0 Å². The van der Waals surface area contributed by atoms with Gasteiger partial charge in [0.25, 0.3) is 0 Å². The quantitative estimate of drug-likeness (QED) is 0.919. The summed E-state index contributed by atoms with van der Waals surface area (Å²) in [6, 6.07) is 2.21. The van der Waals surface area contributed by atoms with Crippen LogP contribution in [0.25, 0.3) is 11.0 Å². The van der Waals surface area contributed by atoms with Crippen molar-refractivity contribution in [1.29, 1.82) is 0 Å². The van der Waals surface area contributed by atoms with Gasteiger partial charge in [0.05, 0.1) is 5.69 Å². The average Bonchev–Trinajstić information content (AvgIpc) is 2.68. The minimum absolute atomic E-state index is 0.488. The summed E-state index contributed by atoms with van der Waals surface area (Å²) in [5, 5.41) is 9.18. The number of nitrogens with zero attached hydrogens (tertiary/aromatic N) is 3. The zero-order valence-electron chi connectivity index (χ0n) is 12.4. The van der Waals surface area contributed by atoms with Gasteiger partial charge in [-0.2, -0.15) is 16.9 Å². The van der Waals surface area contributed by atoms with Crippen molar-refractivity contribution in [1.82, 2.24) is 20.1 Å². The molecule has 1 aliphatic carbocycles. The molecule has 3 rings (SSSR count). The van der Waals surface area contributed by atoms with Crippen molar-refractivity contribution >= 4 is 22.8 Å². The summed E-state index contributed by atoms with van der Waals surface area (Å²) in [5.74, 6) is 0. The fourth-order valence-corrected chi connectivity index (χ4v) is 3.85. The number of rotatable bonds is 5. The first-order valence-electron chi connectivity index (χ1n) is 7.18. The first kappa shape index (κ1) is 13.9. The summed E-state index contributed by atoms with van der Waals surface area (Å²) in [7, 11) is 1.94. The normalized spacial score (nSPS) is 17.4. The smallest absolute Gasteiger partial charge is 0.157 e. The lowest BCUT2D eigenvalue weighted by atomic mass is 9.84. The molecule has 0 bridgehead atoms. The molecule has 20 heavy (non-hydrogen) atoms. The number of aryl methyl sites for hydroxylation is 2. The van der Waals surface area contributed by atoms with Crippen LogP contribution >= 0.6 is 11.8 Å². The van der Waals surface area contributed by atoms with Crippen LogP contribution < -0.4 is 5.32 Å². The highest BCUT2D eigenvalue weighted by Crippen LogP contribution is 2.42. The Morgan fingerprint density at radius 2 is 2.25 bits per heavy atom. The van der Waals surface area contributed by atoms with E-state index >= 15 is 0 Å². The van der Waals surface area contributed by atoms with Crippen molar-refractivity contribution in [2.75, 3.05) is 12.8 Å². The van der Waals surface area contributed by atoms with Crippen LogP contribution in [0.3, 0.4) is 0 Å². The number of hydrogen-bond acceptors (Lipinski definition) is 4. The van der Waals surface area contributed by atoms with Crippen LogP contribution in [-0.4, -0.2) is 32.3 Å². The van der Waals surface area contributed by atoms with Gasteiger partial charge in [0, 0.05) is 36.5 Å². The van der Waals surface area contributed by atoms with Crippen LogP contribution in [0.15, 0.2) is 12.3 Å². The lowest BCUT2D eigenvalue weighted by Crippen LogP contribution is -2.43. The topological polar surface area (TPSA) is 42.7 Å². The molecule has 2 aromatic rings. The summed E-state index contributed by atoms with van der Waals surface area (Å²) in [5.41, 5.74) is 3.26. The van der Waals surface area contributed by atoms with Gasteiger partial charge in [-0.3, -0.25) is 4.68 Å². The zero-order valence-corrected chi connectivity index (χ0v) is 13.3. The van der Waals surface area contributed by atoms with E-state index in [1.165, 1.54) is 24.8 Å². The van der Waals surface area contributed by atoms with Crippen LogP contribution in [0.2, 0.25) is 0 Å². The predicted octanol–water partition coefficient (Wildman–Crippen LogP) is 2.65. The van der Waals surface area contributed by atoms with E-state index in [1.54, 1.807) is 0 Å². The van der Waals surface area contributed by atoms with Crippen LogP contribution in [0.5, 0.6) is 0 Å². The number of aromatic nitrogens is 3.